The molecule has 166 valence electrons. The van der Waals surface area contributed by atoms with Gasteiger partial charge in [-0.15, -0.1) is 10.2 Å². The number of benzene rings is 3. The molecule has 3 N–H and O–H groups in total. The molecule has 0 bridgehead atoms. The number of nitrogens with zero attached hydrogens (tertiary/aromatic N) is 3. The van der Waals surface area contributed by atoms with Gasteiger partial charge in [0.15, 0.2) is 5.82 Å². The number of anilines is 2. The van der Waals surface area contributed by atoms with Crippen LogP contribution in [-0.2, 0) is 6.42 Å². The molecule has 0 radical (unpaired) electrons. The zero-order valence-corrected chi connectivity index (χ0v) is 18.4. The number of phenolic OH excluding ortho intramolecular Hbond substituents is 2. The van der Waals surface area contributed by atoms with E-state index in [1.807, 2.05) is 50.4 Å². The Morgan fingerprint density at radius 1 is 1.03 bits per heavy atom. The zero-order chi connectivity index (χ0) is 23.1. The summed E-state index contributed by atoms with van der Waals surface area (Å²) in [5.41, 5.74) is 3.76. The number of hydrogen-bond donors (Lipinski definition) is 3. The van der Waals surface area contributed by atoms with E-state index < -0.39 is 0 Å². The van der Waals surface area contributed by atoms with Gasteiger partial charge in [-0.1, -0.05) is 30.3 Å². The predicted molar refractivity (Wildman–Crippen MR) is 129 cm³/mol. The molecule has 1 atom stereocenters. The number of fused-ring (bicyclic) bond motifs is 2. The van der Waals surface area contributed by atoms with Gasteiger partial charge in [-0.05, 0) is 49.6 Å². The fraction of sp³-hybridized carbons (Fsp3) is 0.192. The minimum atomic E-state index is -0.294. The summed E-state index contributed by atoms with van der Waals surface area (Å²) in [4.78, 5) is 15.1. The van der Waals surface area contributed by atoms with E-state index in [-0.39, 0.29) is 29.0 Å². The Labute approximate surface area is 191 Å². The fourth-order valence-electron chi connectivity index (χ4n) is 4.54. The van der Waals surface area contributed by atoms with E-state index in [0.29, 0.717) is 0 Å². The number of rotatable bonds is 3. The molecule has 1 aromatic heterocycles. The van der Waals surface area contributed by atoms with Crippen LogP contribution in [-0.4, -0.2) is 39.4 Å². The molecule has 1 amide bonds. The van der Waals surface area contributed by atoms with Crippen molar-refractivity contribution in [2.75, 3.05) is 17.3 Å². The Hall–Kier alpha value is -4.13. The van der Waals surface area contributed by atoms with E-state index in [9.17, 15) is 15.0 Å². The maximum absolute atomic E-state index is 13.4. The van der Waals surface area contributed by atoms with Crippen molar-refractivity contribution in [1.82, 2.24) is 10.2 Å². The fourth-order valence-corrected chi connectivity index (χ4v) is 4.54. The first-order valence-corrected chi connectivity index (χ1v) is 10.9. The largest absolute Gasteiger partial charge is 0.508 e. The van der Waals surface area contributed by atoms with Crippen LogP contribution in [0.1, 0.15) is 29.3 Å². The summed E-state index contributed by atoms with van der Waals surface area (Å²) >= 11 is 0. The number of hydrogen-bond acceptors (Lipinski definition) is 6. The standard InChI is InChI=1S/C26H24N4O3/c1-15-7-8-16-13-17(24-19-5-3-4-6-20(19)25(27-2)29-28-24)9-12-22(16)30(15)26(33)21-11-10-18(31)14-23(21)32/h3-6,9-15,31-32H,7-8H2,1-2H3,(H,27,29)/t15-/m0/s1. The highest BCUT2D eigenvalue weighted by atomic mass is 16.3. The normalized spacial score (nSPS) is 15.3. The molecule has 4 aromatic rings. The van der Waals surface area contributed by atoms with Gasteiger partial charge in [0.05, 0.1) is 5.56 Å². The van der Waals surface area contributed by atoms with Crippen LogP contribution in [0.3, 0.4) is 0 Å². The number of aryl methyl sites for hydroxylation is 1. The van der Waals surface area contributed by atoms with E-state index >= 15 is 0 Å². The molecule has 2 heterocycles. The molecule has 0 unspecified atom stereocenters. The second-order valence-electron chi connectivity index (χ2n) is 8.30. The lowest BCUT2D eigenvalue weighted by atomic mass is 9.92. The molecule has 33 heavy (non-hydrogen) atoms. The summed E-state index contributed by atoms with van der Waals surface area (Å²) in [7, 11) is 1.83. The average molecular weight is 441 g/mol. The molecule has 7 nitrogen and oxygen atoms in total. The molecular formula is C26H24N4O3. The topological polar surface area (TPSA) is 98.6 Å². The van der Waals surface area contributed by atoms with Crippen LogP contribution in [0.25, 0.3) is 22.0 Å². The summed E-state index contributed by atoms with van der Waals surface area (Å²) in [5.74, 6) is 0.115. The molecule has 3 aromatic carbocycles. The predicted octanol–water partition coefficient (Wildman–Crippen LogP) is 4.73. The SMILES string of the molecule is CNc1nnc(-c2ccc3c(c2)CC[C@H](C)N3C(=O)c2ccc(O)cc2O)c2ccccc12. The van der Waals surface area contributed by atoms with Gasteiger partial charge in [0.1, 0.15) is 17.2 Å². The molecule has 0 saturated heterocycles. The van der Waals surface area contributed by atoms with Crippen molar-refractivity contribution in [3.63, 3.8) is 0 Å². The van der Waals surface area contributed by atoms with E-state index in [2.05, 4.69) is 21.6 Å². The quantitative estimate of drug-likeness (QED) is 0.426. The van der Waals surface area contributed by atoms with Gasteiger partial charge in [0.2, 0.25) is 0 Å². The highest BCUT2D eigenvalue weighted by molar-refractivity contribution is 6.09. The summed E-state index contributed by atoms with van der Waals surface area (Å²) in [6.07, 6.45) is 1.63. The highest BCUT2D eigenvalue weighted by Crippen LogP contribution is 2.37. The van der Waals surface area contributed by atoms with Gasteiger partial charge in [-0.25, -0.2) is 0 Å². The lowest BCUT2D eigenvalue weighted by Gasteiger charge is -2.35. The third kappa shape index (κ3) is 3.51. The van der Waals surface area contributed by atoms with Crippen molar-refractivity contribution in [3.8, 4) is 22.8 Å². The van der Waals surface area contributed by atoms with Crippen molar-refractivity contribution in [2.45, 2.75) is 25.8 Å². The van der Waals surface area contributed by atoms with Crippen molar-refractivity contribution in [2.24, 2.45) is 0 Å². The molecular weight excluding hydrogens is 416 g/mol. The van der Waals surface area contributed by atoms with Crippen LogP contribution in [0.4, 0.5) is 11.5 Å². The first kappa shape index (κ1) is 20.8. The Kier molecular flexibility index (Phi) is 5.09. The summed E-state index contributed by atoms with van der Waals surface area (Å²) < 4.78 is 0. The van der Waals surface area contributed by atoms with Crippen molar-refractivity contribution < 1.29 is 15.0 Å². The van der Waals surface area contributed by atoms with E-state index in [1.165, 1.54) is 18.2 Å². The lowest BCUT2D eigenvalue weighted by molar-refractivity contribution is 0.0972. The van der Waals surface area contributed by atoms with Crippen LogP contribution in [0.5, 0.6) is 11.5 Å². The molecule has 0 spiro atoms. The second kappa shape index (κ2) is 8.09. The maximum Gasteiger partial charge on any atom is 0.262 e. The van der Waals surface area contributed by atoms with E-state index in [0.717, 1.165) is 51.9 Å². The number of phenols is 2. The van der Waals surface area contributed by atoms with Gasteiger partial charge in [-0.3, -0.25) is 4.79 Å². The monoisotopic (exact) mass is 440 g/mol. The van der Waals surface area contributed by atoms with E-state index in [4.69, 9.17) is 0 Å². The minimum absolute atomic E-state index is 0.0282. The molecule has 5 rings (SSSR count). The third-order valence-electron chi connectivity index (χ3n) is 6.24. The van der Waals surface area contributed by atoms with Gasteiger partial charge in [0.25, 0.3) is 5.91 Å². The Bertz CT molecular complexity index is 1390. The molecule has 7 heteroatoms. The second-order valence-corrected chi connectivity index (χ2v) is 8.30. The van der Waals surface area contributed by atoms with E-state index in [1.54, 1.807) is 4.90 Å². The summed E-state index contributed by atoms with van der Waals surface area (Å²) in [6, 6.07) is 18.0. The number of aromatic hydroxyl groups is 2. The molecule has 1 aliphatic heterocycles. The third-order valence-corrected chi connectivity index (χ3v) is 6.24. The first-order valence-electron chi connectivity index (χ1n) is 10.9. The smallest absolute Gasteiger partial charge is 0.262 e. The minimum Gasteiger partial charge on any atom is -0.508 e. The first-order chi connectivity index (χ1) is 16.0. The van der Waals surface area contributed by atoms with Crippen LogP contribution in [0.2, 0.25) is 0 Å². The van der Waals surface area contributed by atoms with Crippen LogP contribution >= 0.6 is 0 Å². The Morgan fingerprint density at radius 3 is 2.58 bits per heavy atom. The van der Waals surface area contributed by atoms with Crippen LogP contribution in [0.15, 0.2) is 60.7 Å². The summed E-state index contributed by atoms with van der Waals surface area (Å²) in [5, 5.41) is 33.7. The molecule has 0 saturated carbocycles. The van der Waals surface area contributed by atoms with Crippen LogP contribution in [0, 0.1) is 0 Å². The number of amides is 1. The maximum atomic E-state index is 13.4. The van der Waals surface area contributed by atoms with Crippen molar-refractivity contribution in [3.05, 3.63) is 71.8 Å². The molecule has 0 fully saturated rings. The number of aromatic nitrogens is 2. The zero-order valence-electron chi connectivity index (χ0n) is 18.4. The van der Waals surface area contributed by atoms with Gasteiger partial charge in [0, 0.05) is 41.2 Å². The highest BCUT2D eigenvalue weighted by Gasteiger charge is 2.30. The number of carbonyl (C=O) groups excluding carboxylic acids is 1. The number of carbonyl (C=O) groups is 1. The van der Waals surface area contributed by atoms with Crippen molar-refractivity contribution in [1.29, 1.82) is 0 Å². The Morgan fingerprint density at radius 2 is 1.82 bits per heavy atom. The van der Waals surface area contributed by atoms with Gasteiger partial charge < -0.3 is 20.4 Å². The van der Waals surface area contributed by atoms with Gasteiger partial charge >= 0.3 is 0 Å². The molecule has 0 aliphatic carbocycles. The summed E-state index contributed by atoms with van der Waals surface area (Å²) in [6.45, 7) is 2.00. The number of nitrogens with one attached hydrogen (secondary N) is 1. The Balaban J connectivity index is 1.58. The average Bonchev–Trinajstić information content (AvgIpc) is 2.82. The molecule has 1 aliphatic rings. The van der Waals surface area contributed by atoms with Gasteiger partial charge in [-0.2, -0.15) is 0 Å². The lowest BCUT2D eigenvalue weighted by Crippen LogP contribution is -2.42. The van der Waals surface area contributed by atoms with Crippen molar-refractivity contribution >= 4 is 28.2 Å². The van der Waals surface area contributed by atoms with Crippen LogP contribution < -0.4 is 10.2 Å².